The van der Waals surface area contributed by atoms with E-state index >= 15 is 0 Å². The Morgan fingerprint density at radius 2 is 1.77 bits per heavy atom. The van der Waals surface area contributed by atoms with Crippen molar-refractivity contribution < 1.29 is 13.2 Å². The summed E-state index contributed by atoms with van der Waals surface area (Å²) < 4.78 is 25.4. The number of piperazine rings is 1. The van der Waals surface area contributed by atoms with Crippen LogP contribution < -0.4 is 9.21 Å². The number of sulfonamides is 1. The van der Waals surface area contributed by atoms with Crippen LogP contribution in [0.2, 0.25) is 0 Å². The number of benzene rings is 1. The van der Waals surface area contributed by atoms with Gasteiger partial charge in [-0.2, -0.15) is 0 Å². The van der Waals surface area contributed by atoms with Crippen LogP contribution in [0.5, 0.6) is 0 Å². The highest BCUT2D eigenvalue weighted by Crippen LogP contribution is 2.24. The molecule has 3 heterocycles. The predicted octanol–water partition coefficient (Wildman–Crippen LogP) is 0.912. The maximum absolute atomic E-state index is 12.7. The van der Waals surface area contributed by atoms with Gasteiger partial charge in [0.15, 0.2) is 0 Å². The number of nitrogens with zero attached hydrogens (tertiary/aromatic N) is 4. The molecule has 0 saturated carbocycles. The molecule has 138 valence electrons. The second-order valence-electron chi connectivity index (χ2n) is 6.48. The Balaban J connectivity index is 1.41. The van der Waals surface area contributed by atoms with Gasteiger partial charge in [0.2, 0.25) is 16.0 Å². The summed E-state index contributed by atoms with van der Waals surface area (Å²) in [4.78, 5) is 24.0. The monoisotopic (exact) mass is 375 g/mol. The van der Waals surface area contributed by atoms with Crippen molar-refractivity contribution in [3.05, 3.63) is 42.2 Å². The molecule has 0 bridgehead atoms. The zero-order valence-electron chi connectivity index (χ0n) is 14.3. The van der Waals surface area contributed by atoms with E-state index in [4.69, 9.17) is 0 Å². The lowest BCUT2D eigenvalue weighted by Gasteiger charge is -2.34. The summed E-state index contributed by atoms with van der Waals surface area (Å²) >= 11 is 0. The van der Waals surface area contributed by atoms with E-state index in [1.165, 1.54) is 4.31 Å². The number of aromatic amines is 1. The molecule has 4 rings (SSSR count). The lowest BCUT2D eigenvalue weighted by atomic mass is 10.1. The summed E-state index contributed by atoms with van der Waals surface area (Å²) in [5.41, 5.74) is 1.21. The quantitative estimate of drug-likeness (QED) is 0.861. The first-order valence-electron chi connectivity index (χ1n) is 8.69. The first-order chi connectivity index (χ1) is 12.5. The Bertz CT molecular complexity index is 872. The number of nitrogens with one attached hydrogen (secondary N) is 1. The molecule has 0 atom stereocenters. The standard InChI is InChI=1S/C17H21N5O3S/c23-16(20-9-11-21(12-10-20)17-18-6-7-19-17)14-2-4-15(5-3-14)22-8-1-13-26(22,24)25/h2-7H,1,8-13H2,(H,18,19). The van der Waals surface area contributed by atoms with E-state index in [9.17, 15) is 13.2 Å². The molecular weight excluding hydrogens is 354 g/mol. The van der Waals surface area contributed by atoms with Crippen LogP contribution in [0.4, 0.5) is 11.6 Å². The number of H-pyrrole nitrogens is 1. The molecule has 2 aromatic rings. The number of carbonyl (C=O) groups is 1. The molecule has 0 spiro atoms. The molecule has 1 aromatic carbocycles. The fraction of sp³-hybridized carbons (Fsp3) is 0.412. The van der Waals surface area contributed by atoms with E-state index in [1.54, 1.807) is 36.7 Å². The van der Waals surface area contributed by atoms with E-state index in [1.807, 2.05) is 4.90 Å². The molecule has 0 unspecified atom stereocenters. The van der Waals surface area contributed by atoms with Gasteiger partial charge in [-0.15, -0.1) is 0 Å². The number of aromatic nitrogens is 2. The third kappa shape index (κ3) is 3.14. The maximum Gasteiger partial charge on any atom is 0.253 e. The first-order valence-corrected chi connectivity index (χ1v) is 10.3. The van der Waals surface area contributed by atoms with E-state index < -0.39 is 10.0 Å². The number of carbonyl (C=O) groups excluding carboxylic acids is 1. The van der Waals surface area contributed by atoms with E-state index in [-0.39, 0.29) is 11.7 Å². The molecule has 1 amide bonds. The average Bonchev–Trinajstić information content (AvgIpc) is 3.31. The topological polar surface area (TPSA) is 89.6 Å². The van der Waals surface area contributed by atoms with Crippen LogP contribution in [-0.2, 0) is 10.0 Å². The highest BCUT2D eigenvalue weighted by molar-refractivity contribution is 7.93. The molecule has 9 heteroatoms. The number of anilines is 2. The lowest BCUT2D eigenvalue weighted by Crippen LogP contribution is -2.49. The minimum Gasteiger partial charge on any atom is -0.339 e. The van der Waals surface area contributed by atoms with Crippen molar-refractivity contribution in [3.63, 3.8) is 0 Å². The number of hydrogen-bond acceptors (Lipinski definition) is 5. The summed E-state index contributed by atoms with van der Waals surface area (Å²) in [7, 11) is -3.20. The molecule has 2 aliphatic rings. The maximum atomic E-state index is 12.7. The molecule has 8 nitrogen and oxygen atoms in total. The zero-order chi connectivity index (χ0) is 18.1. The van der Waals surface area contributed by atoms with Gasteiger partial charge in [-0.05, 0) is 30.7 Å². The highest BCUT2D eigenvalue weighted by atomic mass is 32.2. The first kappa shape index (κ1) is 16.9. The molecule has 0 aliphatic carbocycles. The van der Waals surface area contributed by atoms with Crippen LogP contribution in [-0.4, -0.2) is 67.7 Å². The van der Waals surface area contributed by atoms with E-state index in [0.29, 0.717) is 37.3 Å². The van der Waals surface area contributed by atoms with Crippen LogP contribution in [0.3, 0.4) is 0 Å². The van der Waals surface area contributed by atoms with Gasteiger partial charge in [0.25, 0.3) is 5.91 Å². The fourth-order valence-electron chi connectivity index (χ4n) is 3.43. The highest BCUT2D eigenvalue weighted by Gasteiger charge is 2.29. The van der Waals surface area contributed by atoms with Crippen LogP contribution in [0.1, 0.15) is 16.8 Å². The summed E-state index contributed by atoms with van der Waals surface area (Å²) in [5.74, 6) is 0.987. The van der Waals surface area contributed by atoms with Crippen molar-refractivity contribution in [2.75, 3.05) is 47.7 Å². The lowest BCUT2D eigenvalue weighted by molar-refractivity contribution is 0.0746. The molecule has 1 aromatic heterocycles. The molecule has 26 heavy (non-hydrogen) atoms. The SMILES string of the molecule is O=C(c1ccc(N2CCCS2(=O)=O)cc1)N1CCN(c2ncc[nH]2)CC1. The molecular formula is C17H21N5O3S. The van der Waals surface area contributed by atoms with Crippen molar-refractivity contribution in [1.29, 1.82) is 0 Å². The van der Waals surface area contributed by atoms with E-state index in [0.717, 1.165) is 19.0 Å². The van der Waals surface area contributed by atoms with Crippen LogP contribution in [0, 0.1) is 0 Å². The zero-order valence-corrected chi connectivity index (χ0v) is 15.2. The number of amides is 1. The summed E-state index contributed by atoms with van der Waals surface area (Å²) in [6.07, 6.45) is 4.15. The van der Waals surface area contributed by atoms with Gasteiger partial charge in [-0.25, -0.2) is 13.4 Å². The van der Waals surface area contributed by atoms with Crippen molar-refractivity contribution in [2.45, 2.75) is 6.42 Å². The molecule has 2 aliphatic heterocycles. The summed E-state index contributed by atoms with van der Waals surface area (Å²) in [6.45, 7) is 3.21. The second kappa shape index (κ2) is 6.64. The third-order valence-corrected chi connectivity index (χ3v) is 6.72. The molecule has 2 fully saturated rings. The van der Waals surface area contributed by atoms with Gasteiger partial charge < -0.3 is 14.8 Å². The van der Waals surface area contributed by atoms with E-state index in [2.05, 4.69) is 14.9 Å². The number of hydrogen-bond donors (Lipinski definition) is 1. The largest absolute Gasteiger partial charge is 0.339 e. The van der Waals surface area contributed by atoms with Crippen molar-refractivity contribution in [2.24, 2.45) is 0 Å². The normalized spacial score (nSPS) is 19.8. The van der Waals surface area contributed by atoms with Gasteiger partial charge in [0, 0.05) is 50.7 Å². The Kier molecular flexibility index (Phi) is 4.31. The smallest absolute Gasteiger partial charge is 0.253 e. The molecule has 2 saturated heterocycles. The van der Waals surface area contributed by atoms with Crippen LogP contribution in [0.25, 0.3) is 0 Å². The Hall–Kier alpha value is -2.55. The van der Waals surface area contributed by atoms with Crippen molar-refractivity contribution in [1.82, 2.24) is 14.9 Å². The Morgan fingerprint density at radius 3 is 2.35 bits per heavy atom. The summed E-state index contributed by atoms with van der Waals surface area (Å²) in [5, 5.41) is 0. The van der Waals surface area contributed by atoms with Crippen LogP contribution in [0.15, 0.2) is 36.7 Å². The Morgan fingerprint density at radius 1 is 1.04 bits per heavy atom. The number of rotatable bonds is 3. The average molecular weight is 375 g/mol. The predicted molar refractivity (Wildman–Crippen MR) is 98.9 cm³/mol. The third-order valence-electron chi connectivity index (χ3n) is 4.85. The fourth-order valence-corrected chi connectivity index (χ4v) is 5.00. The second-order valence-corrected chi connectivity index (χ2v) is 8.49. The van der Waals surface area contributed by atoms with Crippen molar-refractivity contribution in [3.8, 4) is 0 Å². The van der Waals surface area contributed by atoms with Gasteiger partial charge in [0.05, 0.1) is 11.4 Å². The summed E-state index contributed by atoms with van der Waals surface area (Å²) in [6, 6.07) is 6.86. The number of imidazole rings is 1. The molecule has 1 N–H and O–H groups in total. The minimum absolute atomic E-state index is 0.0278. The van der Waals surface area contributed by atoms with Gasteiger partial charge in [0.1, 0.15) is 0 Å². The molecule has 0 radical (unpaired) electrons. The van der Waals surface area contributed by atoms with Gasteiger partial charge >= 0.3 is 0 Å². The van der Waals surface area contributed by atoms with Crippen LogP contribution >= 0.6 is 0 Å². The van der Waals surface area contributed by atoms with Gasteiger partial charge in [-0.3, -0.25) is 9.10 Å². The minimum atomic E-state index is -3.20. The Labute approximate surface area is 152 Å². The van der Waals surface area contributed by atoms with Crippen molar-refractivity contribution >= 4 is 27.6 Å². The van der Waals surface area contributed by atoms with Gasteiger partial charge in [-0.1, -0.05) is 0 Å².